The van der Waals surface area contributed by atoms with Crippen molar-refractivity contribution in [1.29, 1.82) is 0 Å². The molecule has 3 aromatic rings. The zero-order valence-electron chi connectivity index (χ0n) is 14.5. The Morgan fingerprint density at radius 3 is 2.52 bits per heavy atom. The molecule has 6 heteroatoms. The lowest BCUT2D eigenvalue weighted by Gasteiger charge is -2.25. The molecule has 0 aliphatic heterocycles. The molecule has 2 aromatic carbocycles. The molecule has 128 valence electrons. The summed E-state index contributed by atoms with van der Waals surface area (Å²) in [6, 6.07) is 17.0. The number of hydrogen-bond acceptors (Lipinski definition) is 4. The van der Waals surface area contributed by atoms with E-state index in [1.54, 1.807) is 19.1 Å². The monoisotopic (exact) mass is 336 g/mol. The predicted molar refractivity (Wildman–Crippen MR) is 94.9 cm³/mol. The van der Waals surface area contributed by atoms with E-state index in [4.69, 9.17) is 4.74 Å². The minimum absolute atomic E-state index is 0.162. The molecule has 1 amide bonds. The summed E-state index contributed by atoms with van der Waals surface area (Å²) in [5.41, 5.74) is 2.05. The van der Waals surface area contributed by atoms with Crippen LogP contribution in [0.2, 0.25) is 0 Å². The van der Waals surface area contributed by atoms with Crippen LogP contribution in [-0.4, -0.2) is 40.0 Å². The van der Waals surface area contributed by atoms with Crippen LogP contribution in [0.3, 0.4) is 0 Å². The van der Waals surface area contributed by atoms with E-state index >= 15 is 0 Å². The Labute approximate surface area is 146 Å². The predicted octanol–water partition coefficient (Wildman–Crippen LogP) is 3.11. The molecule has 0 spiro atoms. The van der Waals surface area contributed by atoms with Gasteiger partial charge in [0.05, 0.1) is 25.0 Å². The van der Waals surface area contributed by atoms with E-state index in [1.165, 1.54) is 11.0 Å². The number of methoxy groups -OCH3 is 1. The van der Waals surface area contributed by atoms with Gasteiger partial charge in [-0.1, -0.05) is 36.4 Å². The largest absolute Gasteiger partial charge is 0.496 e. The van der Waals surface area contributed by atoms with Crippen LogP contribution in [0.25, 0.3) is 5.69 Å². The minimum atomic E-state index is -0.194. The zero-order valence-corrected chi connectivity index (χ0v) is 14.5. The Kier molecular flexibility index (Phi) is 4.79. The molecule has 1 atom stereocenters. The molecule has 0 aliphatic rings. The van der Waals surface area contributed by atoms with Crippen molar-refractivity contribution in [3.8, 4) is 11.4 Å². The average molecular weight is 336 g/mol. The second kappa shape index (κ2) is 7.17. The molecular weight excluding hydrogens is 316 g/mol. The average Bonchev–Trinajstić information content (AvgIpc) is 3.17. The van der Waals surface area contributed by atoms with E-state index in [2.05, 4.69) is 10.2 Å². The van der Waals surface area contributed by atoms with Gasteiger partial charge in [0.1, 0.15) is 5.75 Å². The number of amides is 1. The summed E-state index contributed by atoms with van der Waals surface area (Å²) in [7, 11) is 3.37. The molecule has 0 fully saturated rings. The van der Waals surface area contributed by atoms with Crippen LogP contribution < -0.4 is 4.74 Å². The highest BCUT2D eigenvalue weighted by atomic mass is 16.5. The van der Waals surface area contributed by atoms with Gasteiger partial charge >= 0.3 is 0 Å². The van der Waals surface area contributed by atoms with Crippen molar-refractivity contribution in [2.75, 3.05) is 14.2 Å². The third-order valence-corrected chi connectivity index (χ3v) is 4.19. The molecule has 25 heavy (non-hydrogen) atoms. The molecule has 0 saturated heterocycles. The van der Waals surface area contributed by atoms with Gasteiger partial charge in [-0.15, -0.1) is 5.10 Å². The summed E-state index contributed by atoms with van der Waals surface area (Å²) in [5.74, 6) is 0.558. The quantitative estimate of drug-likeness (QED) is 0.718. The van der Waals surface area contributed by atoms with Crippen LogP contribution in [0.5, 0.6) is 5.75 Å². The third kappa shape index (κ3) is 3.38. The number of nitrogens with zero attached hydrogens (tertiary/aromatic N) is 4. The number of aromatic nitrogens is 3. The first-order valence-corrected chi connectivity index (χ1v) is 7.99. The number of para-hydroxylation sites is 2. The van der Waals surface area contributed by atoms with Gasteiger partial charge in [0, 0.05) is 12.6 Å². The maximum atomic E-state index is 12.8. The summed E-state index contributed by atoms with van der Waals surface area (Å²) < 4.78 is 5.39. The number of rotatable bonds is 5. The van der Waals surface area contributed by atoms with Gasteiger partial charge in [-0.05, 0) is 25.1 Å². The van der Waals surface area contributed by atoms with E-state index < -0.39 is 0 Å². The highest BCUT2D eigenvalue weighted by molar-refractivity contribution is 5.92. The summed E-state index contributed by atoms with van der Waals surface area (Å²) in [6.07, 6.45) is 1.49. The zero-order chi connectivity index (χ0) is 17.8. The SMILES string of the molecule is COc1ccccc1C(C)N(C)C(=O)c1cnn(-c2ccccc2)n1. The van der Waals surface area contributed by atoms with Gasteiger partial charge in [0.15, 0.2) is 5.69 Å². The molecule has 0 aliphatic carbocycles. The van der Waals surface area contributed by atoms with Gasteiger partial charge in [-0.2, -0.15) is 9.90 Å². The maximum Gasteiger partial charge on any atom is 0.276 e. The fraction of sp³-hybridized carbons (Fsp3) is 0.211. The minimum Gasteiger partial charge on any atom is -0.496 e. The summed E-state index contributed by atoms with van der Waals surface area (Å²) in [4.78, 5) is 15.9. The normalized spacial score (nSPS) is 11.8. The first kappa shape index (κ1) is 16.7. The number of carbonyl (C=O) groups is 1. The number of benzene rings is 2. The van der Waals surface area contributed by atoms with Crippen LogP contribution >= 0.6 is 0 Å². The van der Waals surface area contributed by atoms with Gasteiger partial charge in [-0.3, -0.25) is 4.79 Å². The van der Waals surface area contributed by atoms with Crippen molar-refractivity contribution in [2.24, 2.45) is 0 Å². The second-order valence-corrected chi connectivity index (χ2v) is 5.69. The molecule has 1 unspecified atom stereocenters. The number of hydrogen-bond donors (Lipinski definition) is 0. The lowest BCUT2D eigenvalue weighted by Crippen LogP contribution is -2.30. The Bertz CT molecular complexity index is 861. The standard InChI is InChI=1S/C19H20N4O2/c1-14(16-11-7-8-12-18(16)25-3)22(2)19(24)17-13-20-23(21-17)15-9-5-4-6-10-15/h4-14H,1-3H3. The van der Waals surface area contributed by atoms with Crippen molar-refractivity contribution in [3.63, 3.8) is 0 Å². The van der Waals surface area contributed by atoms with Gasteiger partial charge < -0.3 is 9.64 Å². The molecule has 6 nitrogen and oxygen atoms in total. The lowest BCUT2D eigenvalue weighted by molar-refractivity contribution is 0.0734. The van der Waals surface area contributed by atoms with E-state index in [0.29, 0.717) is 5.69 Å². The van der Waals surface area contributed by atoms with E-state index in [9.17, 15) is 4.79 Å². The highest BCUT2D eigenvalue weighted by Crippen LogP contribution is 2.28. The van der Waals surface area contributed by atoms with Crippen molar-refractivity contribution in [2.45, 2.75) is 13.0 Å². The number of ether oxygens (including phenoxy) is 1. The third-order valence-electron chi connectivity index (χ3n) is 4.19. The summed E-state index contributed by atoms with van der Waals surface area (Å²) in [6.45, 7) is 1.96. The Morgan fingerprint density at radius 1 is 1.12 bits per heavy atom. The van der Waals surface area contributed by atoms with Crippen LogP contribution in [0.4, 0.5) is 0 Å². The fourth-order valence-electron chi connectivity index (χ4n) is 2.62. The van der Waals surface area contributed by atoms with Crippen LogP contribution in [0, 0.1) is 0 Å². The molecule has 1 aromatic heterocycles. The van der Waals surface area contributed by atoms with Gasteiger partial charge in [-0.25, -0.2) is 0 Å². The lowest BCUT2D eigenvalue weighted by atomic mass is 10.1. The fourth-order valence-corrected chi connectivity index (χ4v) is 2.62. The first-order chi connectivity index (χ1) is 12.1. The smallest absolute Gasteiger partial charge is 0.276 e. The van der Waals surface area contributed by atoms with Gasteiger partial charge in [0.25, 0.3) is 5.91 Å². The van der Waals surface area contributed by atoms with Gasteiger partial charge in [0.2, 0.25) is 0 Å². The molecule has 0 N–H and O–H groups in total. The van der Waals surface area contributed by atoms with E-state index in [-0.39, 0.29) is 11.9 Å². The molecule has 0 bridgehead atoms. The number of carbonyl (C=O) groups excluding carboxylic acids is 1. The van der Waals surface area contributed by atoms with E-state index in [0.717, 1.165) is 17.0 Å². The Balaban J connectivity index is 1.82. The highest BCUT2D eigenvalue weighted by Gasteiger charge is 2.23. The topological polar surface area (TPSA) is 60.2 Å². The Hall–Kier alpha value is -3.15. The maximum absolute atomic E-state index is 12.8. The molecule has 3 rings (SSSR count). The Morgan fingerprint density at radius 2 is 1.80 bits per heavy atom. The molecule has 1 heterocycles. The van der Waals surface area contributed by atoms with Crippen molar-refractivity contribution >= 4 is 5.91 Å². The summed E-state index contributed by atoms with van der Waals surface area (Å²) >= 11 is 0. The van der Waals surface area contributed by atoms with E-state index in [1.807, 2.05) is 61.5 Å². The summed E-state index contributed by atoms with van der Waals surface area (Å²) in [5, 5.41) is 8.49. The molecule has 0 saturated carbocycles. The van der Waals surface area contributed by atoms with Crippen LogP contribution in [-0.2, 0) is 0 Å². The van der Waals surface area contributed by atoms with Crippen molar-refractivity contribution in [3.05, 3.63) is 72.1 Å². The molecular formula is C19H20N4O2. The first-order valence-electron chi connectivity index (χ1n) is 7.99. The second-order valence-electron chi connectivity index (χ2n) is 5.69. The van der Waals surface area contributed by atoms with Crippen molar-refractivity contribution in [1.82, 2.24) is 19.9 Å². The molecule has 0 radical (unpaired) electrons. The van der Waals surface area contributed by atoms with Crippen LogP contribution in [0.15, 0.2) is 60.8 Å². The van der Waals surface area contributed by atoms with Crippen LogP contribution in [0.1, 0.15) is 29.0 Å². The van der Waals surface area contributed by atoms with Crippen molar-refractivity contribution < 1.29 is 9.53 Å².